The minimum atomic E-state index is -0.0975. The first-order valence-corrected chi connectivity index (χ1v) is 46.4. The first-order chi connectivity index (χ1) is 57.9. The zero-order chi connectivity index (χ0) is 84.6. The maximum atomic E-state index is 12.9. The third-order valence-electron chi connectivity index (χ3n) is 21.1. The van der Waals surface area contributed by atoms with E-state index in [9.17, 15) is 24.0 Å². The number of ether oxygens (including phenoxy) is 3. The molecule has 3 aliphatic heterocycles. The van der Waals surface area contributed by atoms with Gasteiger partial charge in [0.05, 0.1) is 99.2 Å². The molecule has 0 amide bonds. The van der Waals surface area contributed by atoms with Crippen molar-refractivity contribution in [3.05, 3.63) is 285 Å². The number of aryl methyl sites for hydroxylation is 6. The molecule has 29 heteroatoms. The number of morpholine rings is 3. The number of halogens is 8. The van der Waals surface area contributed by atoms with Crippen LogP contribution in [-0.4, -0.2) is 165 Å². The number of nitrogens with one attached hydrogen (secondary N) is 1. The monoisotopic (exact) mass is 1860 g/mol. The van der Waals surface area contributed by atoms with Gasteiger partial charge >= 0.3 is 0 Å². The fraction of sp³-hybridized carbons (Fsp3) is 0.286. The van der Waals surface area contributed by atoms with Crippen LogP contribution in [0.15, 0.2) is 164 Å². The highest BCUT2D eigenvalue weighted by molar-refractivity contribution is 7.22. The van der Waals surface area contributed by atoms with Crippen molar-refractivity contribution in [2.24, 2.45) is 0 Å². The molecule has 3 fully saturated rings. The Morgan fingerprint density at radius 2 is 0.650 bits per heavy atom. The molecule has 5 aromatic carbocycles. The lowest BCUT2D eigenvalue weighted by Crippen LogP contribution is -2.38. The highest BCUT2D eigenvalue weighted by atomic mass is 35.5. The number of hydrogen-bond donors (Lipinski definition) is 1. The molecular formula is C91H86Cl8N8O8S5. The number of rotatable bonds is 21. The molecule has 0 atom stereocenters. The summed E-state index contributed by atoms with van der Waals surface area (Å²) in [7, 11) is 0. The Bertz CT molecular complexity index is 6220. The molecule has 0 aliphatic carbocycles. The predicted octanol–water partition coefficient (Wildman–Crippen LogP) is 24.4. The molecule has 1 N–H and O–H groups in total. The third kappa shape index (κ3) is 20.7. The molecule has 120 heavy (non-hydrogen) atoms. The quantitative estimate of drug-likeness (QED) is 0.0683. The summed E-state index contributed by atoms with van der Waals surface area (Å²) < 4.78 is 25.5. The van der Waals surface area contributed by atoms with Crippen molar-refractivity contribution in [2.75, 3.05) is 98.5 Å². The average molecular weight is 1860 g/mol. The number of thiophene rings is 5. The summed E-state index contributed by atoms with van der Waals surface area (Å²) in [5.74, 6) is -0.226. The highest BCUT2D eigenvalue weighted by Crippen LogP contribution is 2.39. The van der Waals surface area contributed by atoms with Crippen molar-refractivity contribution < 1.29 is 38.2 Å². The summed E-state index contributed by atoms with van der Waals surface area (Å²) in [6, 6.07) is 50.1. The largest absolute Gasteiger partial charge is 0.379 e. The van der Waals surface area contributed by atoms with Crippen LogP contribution in [0.3, 0.4) is 0 Å². The number of carbonyl (C=O) groups is 5. The third-order valence-corrected chi connectivity index (χ3v) is 29.9. The number of aromatic nitrogens is 5. The first-order valence-electron chi connectivity index (χ1n) is 39.3. The van der Waals surface area contributed by atoms with Gasteiger partial charge in [0, 0.05) is 173 Å². The molecule has 18 rings (SSSR count). The van der Waals surface area contributed by atoms with Crippen LogP contribution in [0.2, 0.25) is 40.2 Å². The number of fused-ring (bicyclic) bond motifs is 5. The van der Waals surface area contributed by atoms with E-state index in [-0.39, 0.29) is 28.9 Å². The predicted molar refractivity (Wildman–Crippen MR) is 501 cm³/mol. The molecule has 13 heterocycles. The van der Waals surface area contributed by atoms with Gasteiger partial charge < -0.3 is 37.5 Å². The van der Waals surface area contributed by atoms with Crippen LogP contribution in [0.5, 0.6) is 0 Å². The number of nitrogens with zero attached hydrogens (tertiary/aromatic N) is 7. The van der Waals surface area contributed by atoms with E-state index in [1.165, 1.54) is 61.6 Å². The molecule has 10 aromatic heterocycles. The van der Waals surface area contributed by atoms with Crippen LogP contribution in [-0.2, 0) is 40.4 Å². The molecule has 0 saturated carbocycles. The molecule has 0 spiro atoms. The molecule has 0 bridgehead atoms. The van der Waals surface area contributed by atoms with E-state index >= 15 is 0 Å². The van der Waals surface area contributed by atoms with Gasteiger partial charge in [-0.1, -0.05) is 142 Å². The zero-order valence-electron chi connectivity index (χ0n) is 66.7. The van der Waals surface area contributed by atoms with Gasteiger partial charge in [-0.3, -0.25) is 38.7 Å². The number of carbonyl (C=O) groups excluding carboxylic acids is 5. The Hall–Kier alpha value is -7.27. The van der Waals surface area contributed by atoms with Gasteiger partial charge in [-0.25, -0.2) is 0 Å². The van der Waals surface area contributed by atoms with Gasteiger partial charge in [-0.2, -0.15) is 0 Å². The molecule has 3 saturated heterocycles. The van der Waals surface area contributed by atoms with E-state index < -0.39 is 0 Å². The Kier molecular flexibility index (Phi) is 30.1. The van der Waals surface area contributed by atoms with Gasteiger partial charge in [-0.05, 0) is 162 Å². The van der Waals surface area contributed by atoms with E-state index in [0.29, 0.717) is 82.6 Å². The Balaban J connectivity index is 0.000000123. The lowest BCUT2D eigenvalue weighted by Gasteiger charge is -2.26. The van der Waals surface area contributed by atoms with Gasteiger partial charge in [-0.15, -0.1) is 56.7 Å². The first kappa shape index (κ1) is 89.0. The van der Waals surface area contributed by atoms with Crippen molar-refractivity contribution in [1.82, 2.24) is 38.0 Å². The highest BCUT2D eigenvalue weighted by Gasteiger charge is 2.26. The van der Waals surface area contributed by atoms with Crippen LogP contribution in [0.1, 0.15) is 118 Å². The van der Waals surface area contributed by atoms with Gasteiger partial charge in [0.1, 0.15) is 24.2 Å². The van der Waals surface area contributed by atoms with Crippen molar-refractivity contribution in [1.29, 1.82) is 0 Å². The van der Waals surface area contributed by atoms with Gasteiger partial charge in [0.15, 0.2) is 0 Å². The van der Waals surface area contributed by atoms with E-state index in [0.717, 1.165) is 193 Å². The van der Waals surface area contributed by atoms with Crippen LogP contribution < -0.4 is 0 Å². The lowest BCUT2D eigenvalue weighted by atomic mass is 10.1. The van der Waals surface area contributed by atoms with Crippen molar-refractivity contribution >= 4 is 229 Å². The molecule has 0 radical (unpaired) electrons. The van der Waals surface area contributed by atoms with Crippen molar-refractivity contribution in [3.8, 4) is 0 Å². The van der Waals surface area contributed by atoms with E-state index in [2.05, 4.69) is 96.8 Å². The maximum absolute atomic E-state index is 12.9. The van der Waals surface area contributed by atoms with E-state index in [1.54, 1.807) is 102 Å². The Labute approximate surface area is 756 Å². The Morgan fingerprint density at radius 1 is 0.333 bits per heavy atom. The Morgan fingerprint density at radius 3 is 1.01 bits per heavy atom. The number of ketones is 5. The fourth-order valence-electron chi connectivity index (χ4n) is 14.8. The minimum Gasteiger partial charge on any atom is -0.379 e. The van der Waals surface area contributed by atoms with Crippen LogP contribution in [0.25, 0.3) is 51.1 Å². The number of hydrogen-bond acceptors (Lipinski definition) is 16. The smallest absolute Gasteiger partial charge is 0.204 e. The second kappa shape index (κ2) is 40.6. The summed E-state index contributed by atoms with van der Waals surface area (Å²) >= 11 is 56.3. The standard InChI is InChI=1S/C20H20Cl2N2O2S.2C20H21ClN2O2S.C17H15Cl2NOS.C14H9Cl2NOS/c1-13-11-14-12-17(19(25)15-3-2-4-16(21)18(15)22)27-20(14)24(13)6-5-23-7-9-26-10-8-23;1-14-11-16-13-18(19(24)15-3-2-4-17(21)12-15)26-20(16)23(14)6-5-22-7-9-25-10-8-22;1-14-12-15-13-18(19(24)16-4-2-3-5-17(16)21)26-20(15)23(14)7-6-22-8-10-25-11-9-22;1-3-7-20-10(2)8-11-9-14(22-17(11)20)16(21)12-5-4-6-13(18)15(12)19;1-7-5-8-6-11(19-14(8)17-7)13(18)9-3-2-4-10(15)12(9)16/h2-4,11-12H,5-10H2,1H3;2-4,11-13H,5-10H2,1H3;2-5,12-13H,6-11H2,1H3;4-6,8-9H,3,7H2,1-2H3;2-6,17H,1H3. The molecule has 624 valence electrons. The minimum absolute atomic E-state index is 0.00539. The zero-order valence-corrected chi connectivity index (χ0v) is 76.8. The SMILES string of the molecule is CCCn1c(C)cc2cc(C(=O)c3cccc(Cl)c3Cl)sc21.Cc1cc2cc(C(=O)c3cccc(Cl)c3)sc2n1CCN1CCOCC1.Cc1cc2cc(C(=O)c3cccc(Cl)c3Cl)sc2[nH]1.Cc1cc2cc(C(=O)c3cccc(Cl)c3Cl)sc2n1CCN1CCOCC1.Cc1cc2cc(C(=O)c3ccccc3Cl)sc2n1CCN1CCOCC1. The summed E-state index contributed by atoms with van der Waals surface area (Å²) in [5, 5.41) is 8.74. The van der Waals surface area contributed by atoms with Gasteiger partial charge in [0.2, 0.25) is 28.9 Å². The number of aromatic amines is 1. The van der Waals surface area contributed by atoms with Crippen LogP contribution >= 0.6 is 149 Å². The number of H-pyrrole nitrogens is 1. The molecule has 3 aliphatic rings. The summed E-state index contributed by atoms with van der Waals surface area (Å²) in [4.78, 5) is 83.3. The number of benzene rings is 5. The molecule has 15 aromatic rings. The topological polar surface area (TPSA) is 158 Å². The molecular weight excluding hydrogens is 1780 g/mol. The summed E-state index contributed by atoms with van der Waals surface area (Å²) in [6.07, 6.45) is 1.06. The average Bonchev–Trinajstić information content (AvgIpc) is 1.63. The molecule has 16 nitrogen and oxygen atoms in total. The van der Waals surface area contributed by atoms with E-state index in [4.69, 9.17) is 107 Å². The normalized spacial score (nSPS) is 14.1. The van der Waals surface area contributed by atoms with Crippen molar-refractivity contribution in [3.63, 3.8) is 0 Å². The lowest BCUT2D eigenvalue weighted by molar-refractivity contribution is 0.0364. The second-order valence-electron chi connectivity index (χ2n) is 29.4. The van der Waals surface area contributed by atoms with Crippen LogP contribution in [0, 0.1) is 34.6 Å². The fourth-order valence-corrected chi connectivity index (χ4v) is 22.2. The van der Waals surface area contributed by atoms with Crippen LogP contribution in [0.4, 0.5) is 0 Å². The van der Waals surface area contributed by atoms with Gasteiger partial charge in [0.25, 0.3) is 0 Å². The van der Waals surface area contributed by atoms with Crippen molar-refractivity contribution in [2.45, 2.75) is 74.1 Å². The second-order valence-corrected chi connectivity index (χ2v) is 37.8. The summed E-state index contributed by atoms with van der Waals surface area (Å²) in [5.41, 5.74) is 8.54. The maximum Gasteiger partial charge on any atom is 0.204 e. The summed E-state index contributed by atoms with van der Waals surface area (Å²) in [6.45, 7) is 30.1. The molecule has 0 unspecified atom stereocenters. The van der Waals surface area contributed by atoms with E-state index in [1.807, 2.05) is 67.6 Å².